The molecule has 1 amide bonds. The highest BCUT2D eigenvalue weighted by atomic mass is 19.1. The van der Waals surface area contributed by atoms with E-state index in [4.69, 9.17) is 0 Å². The lowest BCUT2D eigenvalue weighted by atomic mass is 9.86. The number of hydrogen-bond donors (Lipinski definition) is 1. The molecule has 1 aliphatic heterocycles. The van der Waals surface area contributed by atoms with Gasteiger partial charge < -0.3 is 10.0 Å². The number of benzene rings is 4. The molecule has 2 heterocycles. The summed E-state index contributed by atoms with van der Waals surface area (Å²) < 4.78 is 15.3. The van der Waals surface area contributed by atoms with Gasteiger partial charge in [0.1, 0.15) is 11.6 Å². The van der Waals surface area contributed by atoms with Crippen molar-refractivity contribution in [1.29, 1.82) is 0 Å². The first-order valence-corrected chi connectivity index (χ1v) is 12.8. The van der Waals surface area contributed by atoms with Gasteiger partial charge in [0.05, 0.1) is 17.4 Å². The van der Waals surface area contributed by atoms with Gasteiger partial charge in [-0.3, -0.25) is 4.79 Å². The zero-order chi connectivity index (χ0) is 26.0. The van der Waals surface area contributed by atoms with Crippen molar-refractivity contribution < 1.29 is 14.3 Å². The van der Waals surface area contributed by atoms with Crippen molar-refractivity contribution in [3.63, 3.8) is 0 Å². The van der Waals surface area contributed by atoms with Gasteiger partial charge in [-0.05, 0) is 84.1 Å². The Labute approximate surface area is 219 Å². The number of phenols is 1. The number of aryl methyl sites for hydroxylation is 1. The molecular formula is C32H26FN3O2. The highest BCUT2D eigenvalue weighted by Gasteiger charge is 2.70. The number of nitrogens with zero attached hydrogens (tertiary/aromatic N) is 3. The summed E-state index contributed by atoms with van der Waals surface area (Å²) in [6.45, 7) is 3.41. The lowest BCUT2D eigenvalue weighted by molar-refractivity contribution is 0.0768. The molecule has 5 nitrogen and oxygen atoms in total. The molecule has 3 atom stereocenters. The third kappa shape index (κ3) is 3.36. The minimum atomic E-state index is -0.277. The molecule has 0 bridgehead atoms. The second kappa shape index (κ2) is 8.28. The molecule has 1 saturated carbocycles. The van der Waals surface area contributed by atoms with Crippen LogP contribution in [0.5, 0.6) is 5.75 Å². The standard InChI is InChI=1S/C32H26FN3O2/c1-20-14-29-23(17-34-36(29)25-12-10-24(33)11-13-25)16-27(20)32-19-35(31(38)22-8-5-9-26(37)15-22)18-28(32)30(32)21-6-3-2-4-7-21/h2-17,28,30,37H,18-19H2,1H3/t28-,30-,32+/m0/s1. The van der Waals surface area contributed by atoms with Crippen molar-refractivity contribution in [1.82, 2.24) is 14.7 Å². The van der Waals surface area contributed by atoms with Crippen molar-refractivity contribution in [3.8, 4) is 11.4 Å². The first-order chi connectivity index (χ1) is 18.5. The Kier molecular flexibility index (Phi) is 4.95. The predicted molar refractivity (Wildman–Crippen MR) is 144 cm³/mol. The first kappa shape index (κ1) is 22.7. The van der Waals surface area contributed by atoms with E-state index in [1.54, 1.807) is 30.3 Å². The molecule has 0 unspecified atom stereocenters. The second-order valence-corrected chi connectivity index (χ2v) is 10.5. The number of aromatic nitrogens is 2. The molecule has 1 aromatic heterocycles. The molecule has 5 aromatic rings. The van der Waals surface area contributed by atoms with E-state index in [1.165, 1.54) is 29.3 Å². The zero-order valence-corrected chi connectivity index (χ0v) is 20.9. The van der Waals surface area contributed by atoms with Gasteiger partial charge in [0.2, 0.25) is 0 Å². The fourth-order valence-corrected chi connectivity index (χ4v) is 6.71. The number of amides is 1. The van der Waals surface area contributed by atoms with Gasteiger partial charge in [-0.15, -0.1) is 0 Å². The van der Waals surface area contributed by atoms with E-state index in [-0.39, 0.29) is 22.9 Å². The van der Waals surface area contributed by atoms with E-state index >= 15 is 0 Å². The summed E-state index contributed by atoms with van der Waals surface area (Å²) in [5, 5.41) is 15.6. The minimum absolute atomic E-state index is 0.0536. The number of fused-ring (bicyclic) bond motifs is 2. The molecule has 1 saturated heterocycles. The molecule has 0 radical (unpaired) electrons. The Morgan fingerprint density at radius 1 is 1.00 bits per heavy atom. The van der Waals surface area contributed by atoms with Crippen molar-refractivity contribution in [2.24, 2.45) is 5.92 Å². The van der Waals surface area contributed by atoms with Crippen molar-refractivity contribution in [3.05, 3.63) is 125 Å². The summed E-state index contributed by atoms with van der Waals surface area (Å²) in [4.78, 5) is 15.4. The predicted octanol–water partition coefficient (Wildman–Crippen LogP) is 5.99. The number of carbonyl (C=O) groups excluding carboxylic acids is 1. The fraction of sp³-hybridized carbons (Fsp3) is 0.188. The average Bonchev–Trinajstić information content (AvgIpc) is 3.19. The summed E-state index contributed by atoms with van der Waals surface area (Å²) in [6.07, 6.45) is 1.86. The van der Waals surface area contributed by atoms with Gasteiger partial charge in [0.25, 0.3) is 5.91 Å². The Morgan fingerprint density at radius 2 is 1.79 bits per heavy atom. The van der Waals surface area contributed by atoms with Crippen molar-refractivity contribution in [2.45, 2.75) is 18.3 Å². The van der Waals surface area contributed by atoms with E-state index in [0.29, 0.717) is 30.5 Å². The van der Waals surface area contributed by atoms with Crippen LogP contribution in [0.2, 0.25) is 0 Å². The van der Waals surface area contributed by atoms with Crippen LogP contribution in [-0.2, 0) is 5.41 Å². The monoisotopic (exact) mass is 503 g/mol. The molecule has 0 spiro atoms. The molecule has 6 heteroatoms. The molecule has 2 fully saturated rings. The normalized spacial score (nSPS) is 22.0. The largest absolute Gasteiger partial charge is 0.508 e. The fourth-order valence-electron chi connectivity index (χ4n) is 6.71. The lowest BCUT2D eigenvalue weighted by Gasteiger charge is -2.26. The van der Waals surface area contributed by atoms with Crippen LogP contribution in [0.15, 0.2) is 97.2 Å². The number of hydrogen-bond acceptors (Lipinski definition) is 3. The number of piperidine rings is 1. The van der Waals surface area contributed by atoms with Gasteiger partial charge in [-0.25, -0.2) is 9.07 Å². The van der Waals surface area contributed by atoms with Crippen LogP contribution in [0.3, 0.4) is 0 Å². The van der Waals surface area contributed by atoms with Crippen LogP contribution in [0, 0.1) is 18.7 Å². The van der Waals surface area contributed by atoms with E-state index in [1.807, 2.05) is 21.8 Å². The number of halogens is 1. The molecule has 38 heavy (non-hydrogen) atoms. The molecule has 1 N–H and O–H groups in total. The maximum absolute atomic E-state index is 13.5. The van der Waals surface area contributed by atoms with E-state index < -0.39 is 0 Å². The maximum atomic E-state index is 13.5. The minimum Gasteiger partial charge on any atom is -0.508 e. The van der Waals surface area contributed by atoms with Gasteiger partial charge in [0.15, 0.2) is 0 Å². The number of aromatic hydroxyl groups is 1. The second-order valence-electron chi connectivity index (χ2n) is 10.5. The molecule has 7 rings (SSSR count). The number of phenolic OH excluding ortho intramolecular Hbond substituents is 1. The van der Waals surface area contributed by atoms with Crippen LogP contribution in [-0.4, -0.2) is 38.8 Å². The highest BCUT2D eigenvalue weighted by Crippen LogP contribution is 2.69. The highest BCUT2D eigenvalue weighted by molar-refractivity contribution is 5.95. The molecule has 188 valence electrons. The molecule has 4 aromatic carbocycles. The van der Waals surface area contributed by atoms with E-state index in [0.717, 1.165) is 22.2 Å². The van der Waals surface area contributed by atoms with Crippen LogP contribution >= 0.6 is 0 Å². The number of carbonyl (C=O) groups is 1. The van der Waals surface area contributed by atoms with Crippen molar-refractivity contribution >= 4 is 16.8 Å². The Hall–Kier alpha value is -4.45. The SMILES string of the molecule is Cc1cc2c(cnn2-c2ccc(F)cc2)cc1[C@]12CN(C(=O)c3cccc(O)c3)C[C@H]1[C@@H]2c1ccccc1. The summed E-state index contributed by atoms with van der Waals surface area (Å²) in [5.74, 6) is 0.383. The molecular weight excluding hydrogens is 477 g/mol. The number of rotatable bonds is 4. The summed E-state index contributed by atoms with van der Waals surface area (Å²) in [5.41, 5.74) is 5.78. The van der Waals surface area contributed by atoms with Gasteiger partial charge in [-0.1, -0.05) is 36.4 Å². The third-order valence-electron chi connectivity index (χ3n) is 8.41. The Balaban J connectivity index is 1.30. The van der Waals surface area contributed by atoms with Crippen molar-refractivity contribution in [2.75, 3.05) is 13.1 Å². The number of likely N-dealkylation sites (tertiary alicyclic amines) is 1. The van der Waals surface area contributed by atoms with Crippen LogP contribution in [0.4, 0.5) is 4.39 Å². The van der Waals surface area contributed by atoms with Gasteiger partial charge in [-0.2, -0.15) is 5.10 Å². The summed E-state index contributed by atoms with van der Waals surface area (Å²) >= 11 is 0. The van der Waals surface area contributed by atoms with Gasteiger partial charge in [0, 0.05) is 35.4 Å². The topological polar surface area (TPSA) is 58.4 Å². The summed E-state index contributed by atoms with van der Waals surface area (Å²) in [6, 6.07) is 27.9. The Bertz CT molecular complexity index is 1700. The van der Waals surface area contributed by atoms with Crippen LogP contribution in [0.1, 0.15) is 33.0 Å². The quantitative estimate of drug-likeness (QED) is 0.328. The molecule has 1 aliphatic carbocycles. The zero-order valence-electron chi connectivity index (χ0n) is 20.9. The van der Waals surface area contributed by atoms with E-state index in [9.17, 15) is 14.3 Å². The first-order valence-electron chi connectivity index (χ1n) is 12.8. The van der Waals surface area contributed by atoms with Gasteiger partial charge >= 0.3 is 0 Å². The third-order valence-corrected chi connectivity index (χ3v) is 8.41. The van der Waals surface area contributed by atoms with Crippen LogP contribution in [0.25, 0.3) is 16.6 Å². The molecule has 2 aliphatic rings. The summed E-state index contributed by atoms with van der Waals surface area (Å²) in [7, 11) is 0. The smallest absolute Gasteiger partial charge is 0.254 e. The maximum Gasteiger partial charge on any atom is 0.254 e. The lowest BCUT2D eigenvalue weighted by Crippen LogP contribution is -2.34. The van der Waals surface area contributed by atoms with Crippen LogP contribution < -0.4 is 0 Å². The Morgan fingerprint density at radius 3 is 2.55 bits per heavy atom. The average molecular weight is 504 g/mol. The van der Waals surface area contributed by atoms with E-state index in [2.05, 4.69) is 48.4 Å².